The summed E-state index contributed by atoms with van der Waals surface area (Å²) < 4.78 is 34.8. The van der Waals surface area contributed by atoms with Crippen molar-refractivity contribution >= 4 is 18.1 Å². The summed E-state index contributed by atoms with van der Waals surface area (Å²) in [6.45, 7) is 3.67. The molecule has 2 rings (SSSR count). The topological polar surface area (TPSA) is 90.9 Å². The molecular formula is C16H24ClF2N3O4. The Kier molecular flexibility index (Phi) is 7.98. The second kappa shape index (κ2) is 9.29. The second-order valence-corrected chi connectivity index (χ2v) is 6.57. The minimum atomic E-state index is -2.68. The molecule has 0 radical (unpaired) electrons. The van der Waals surface area contributed by atoms with E-state index in [2.05, 4.69) is 11.8 Å². The van der Waals surface area contributed by atoms with Gasteiger partial charge < -0.3 is 15.2 Å². The van der Waals surface area contributed by atoms with Crippen molar-refractivity contribution in [2.45, 2.75) is 26.3 Å². The lowest BCUT2D eigenvalue weighted by Crippen LogP contribution is -2.31. The van der Waals surface area contributed by atoms with Crippen molar-refractivity contribution < 1.29 is 23.2 Å². The van der Waals surface area contributed by atoms with Gasteiger partial charge in [-0.3, -0.25) is 15.0 Å². The second-order valence-electron chi connectivity index (χ2n) is 6.57. The number of nitrogens with zero attached hydrogens (tertiary/aromatic N) is 2. The van der Waals surface area contributed by atoms with Crippen LogP contribution in [0.5, 0.6) is 11.5 Å². The Morgan fingerprint density at radius 1 is 1.42 bits per heavy atom. The standard InChI is InChI=1S/C16H23F2N3O4.ClH/c1-16(9-19)3-4-20(10-16)7-11-5-13(24-2)14(25-8-15(17)18)6-12(11)21(22)23;/h5-6,15H,3-4,7-10,19H2,1-2H3;1H. The SMILES string of the molecule is COc1cc(CN2CCC(C)(CN)C2)c([N+](=O)[O-])cc1OCC(F)F.Cl. The van der Waals surface area contributed by atoms with Gasteiger partial charge in [0.15, 0.2) is 11.5 Å². The van der Waals surface area contributed by atoms with Gasteiger partial charge in [0.1, 0.15) is 6.61 Å². The van der Waals surface area contributed by atoms with Crippen LogP contribution in [0.15, 0.2) is 12.1 Å². The van der Waals surface area contributed by atoms with Gasteiger partial charge in [-0.1, -0.05) is 6.92 Å². The highest BCUT2D eigenvalue weighted by Gasteiger charge is 2.33. The maximum atomic E-state index is 12.4. The molecular weight excluding hydrogens is 372 g/mol. The summed E-state index contributed by atoms with van der Waals surface area (Å²) in [6.07, 6.45) is -1.76. The van der Waals surface area contributed by atoms with E-state index >= 15 is 0 Å². The molecule has 148 valence electrons. The van der Waals surface area contributed by atoms with E-state index < -0.39 is 18.0 Å². The van der Waals surface area contributed by atoms with E-state index in [1.165, 1.54) is 13.2 Å². The van der Waals surface area contributed by atoms with Crippen molar-refractivity contribution in [3.8, 4) is 11.5 Å². The Labute approximate surface area is 157 Å². The van der Waals surface area contributed by atoms with E-state index in [-0.39, 0.29) is 35.0 Å². The largest absolute Gasteiger partial charge is 0.493 e. The van der Waals surface area contributed by atoms with Gasteiger partial charge in [-0.15, -0.1) is 12.4 Å². The summed E-state index contributed by atoms with van der Waals surface area (Å²) in [7, 11) is 1.36. The quantitative estimate of drug-likeness (QED) is 0.537. The van der Waals surface area contributed by atoms with Crippen molar-refractivity contribution in [1.29, 1.82) is 0 Å². The fraction of sp³-hybridized carbons (Fsp3) is 0.625. The zero-order chi connectivity index (χ0) is 18.6. The van der Waals surface area contributed by atoms with Crippen LogP contribution in [-0.4, -0.2) is 49.6 Å². The first-order chi connectivity index (χ1) is 11.8. The minimum Gasteiger partial charge on any atom is -0.493 e. The summed E-state index contributed by atoms with van der Waals surface area (Å²) in [4.78, 5) is 12.9. The zero-order valence-corrected chi connectivity index (χ0v) is 15.6. The van der Waals surface area contributed by atoms with Gasteiger partial charge in [0.05, 0.1) is 18.1 Å². The number of methoxy groups -OCH3 is 1. The Morgan fingerprint density at radius 2 is 2.12 bits per heavy atom. The number of halogens is 3. The van der Waals surface area contributed by atoms with Crippen LogP contribution in [0, 0.1) is 15.5 Å². The van der Waals surface area contributed by atoms with E-state index in [4.69, 9.17) is 15.2 Å². The molecule has 26 heavy (non-hydrogen) atoms. The summed E-state index contributed by atoms with van der Waals surface area (Å²) in [5, 5.41) is 11.4. The van der Waals surface area contributed by atoms with Crippen LogP contribution in [0.3, 0.4) is 0 Å². The van der Waals surface area contributed by atoms with Gasteiger partial charge >= 0.3 is 0 Å². The van der Waals surface area contributed by atoms with Crippen molar-refractivity contribution in [1.82, 2.24) is 4.90 Å². The molecule has 1 aliphatic heterocycles. The summed E-state index contributed by atoms with van der Waals surface area (Å²) >= 11 is 0. The molecule has 2 N–H and O–H groups in total. The monoisotopic (exact) mass is 395 g/mol. The molecule has 1 saturated heterocycles. The minimum absolute atomic E-state index is 0. The van der Waals surface area contributed by atoms with Crippen LogP contribution in [0.1, 0.15) is 18.9 Å². The summed E-state index contributed by atoms with van der Waals surface area (Å²) in [5.74, 6) is 0.133. The van der Waals surface area contributed by atoms with Crippen LogP contribution < -0.4 is 15.2 Å². The van der Waals surface area contributed by atoms with Crippen molar-refractivity contribution in [2.24, 2.45) is 11.1 Å². The number of ether oxygens (including phenoxy) is 2. The average Bonchev–Trinajstić information content (AvgIpc) is 2.94. The Bertz CT molecular complexity index is 636. The van der Waals surface area contributed by atoms with Gasteiger partial charge in [0, 0.05) is 18.7 Å². The van der Waals surface area contributed by atoms with Gasteiger partial charge in [0.25, 0.3) is 12.1 Å². The normalized spacial score (nSPS) is 20.1. The summed E-state index contributed by atoms with van der Waals surface area (Å²) in [5.41, 5.74) is 6.07. The smallest absolute Gasteiger partial charge is 0.277 e. The first kappa shape index (κ1) is 22.3. The Morgan fingerprint density at radius 3 is 2.62 bits per heavy atom. The average molecular weight is 396 g/mol. The molecule has 1 fully saturated rings. The Balaban J connectivity index is 0.00000338. The van der Waals surface area contributed by atoms with Crippen LogP contribution in [0.25, 0.3) is 0 Å². The lowest BCUT2D eigenvalue weighted by Gasteiger charge is -2.22. The van der Waals surface area contributed by atoms with Gasteiger partial charge in [-0.25, -0.2) is 8.78 Å². The first-order valence-electron chi connectivity index (χ1n) is 7.96. The molecule has 0 aromatic heterocycles. The molecule has 0 aliphatic carbocycles. The van der Waals surface area contributed by atoms with Crippen LogP contribution >= 0.6 is 12.4 Å². The third-order valence-corrected chi connectivity index (χ3v) is 4.45. The van der Waals surface area contributed by atoms with E-state index in [1.807, 2.05) is 0 Å². The highest BCUT2D eigenvalue weighted by Crippen LogP contribution is 2.37. The van der Waals surface area contributed by atoms with Crippen LogP contribution in [-0.2, 0) is 6.54 Å². The molecule has 7 nitrogen and oxygen atoms in total. The number of nitrogens with two attached hydrogens (primary N) is 1. The fourth-order valence-electron chi connectivity index (χ4n) is 2.98. The maximum Gasteiger partial charge on any atom is 0.277 e. The lowest BCUT2D eigenvalue weighted by atomic mass is 9.90. The molecule has 0 saturated carbocycles. The molecule has 1 atom stereocenters. The number of benzene rings is 1. The number of hydrogen-bond donors (Lipinski definition) is 1. The van der Waals surface area contributed by atoms with E-state index in [0.29, 0.717) is 18.7 Å². The molecule has 10 heteroatoms. The molecule has 0 bridgehead atoms. The predicted octanol–water partition coefficient (Wildman–Crippen LogP) is 2.84. The maximum absolute atomic E-state index is 12.4. The highest BCUT2D eigenvalue weighted by atomic mass is 35.5. The first-order valence-corrected chi connectivity index (χ1v) is 7.96. The van der Waals surface area contributed by atoms with Crippen LogP contribution in [0.2, 0.25) is 0 Å². The number of alkyl halides is 2. The van der Waals surface area contributed by atoms with Gasteiger partial charge in [-0.05, 0) is 31.0 Å². The highest BCUT2D eigenvalue weighted by molar-refractivity contribution is 5.85. The Hall–Kier alpha value is -1.71. The number of likely N-dealkylation sites (tertiary alicyclic amines) is 1. The molecule has 1 aliphatic rings. The number of rotatable bonds is 8. The molecule has 1 aromatic rings. The number of nitro groups is 1. The van der Waals surface area contributed by atoms with Gasteiger partial charge in [0.2, 0.25) is 0 Å². The van der Waals surface area contributed by atoms with E-state index in [0.717, 1.165) is 25.6 Å². The fourth-order valence-corrected chi connectivity index (χ4v) is 2.98. The summed E-state index contributed by atoms with van der Waals surface area (Å²) in [6, 6.07) is 2.63. The number of nitro benzene ring substituents is 1. The third kappa shape index (κ3) is 5.39. The molecule has 1 unspecified atom stereocenters. The zero-order valence-electron chi connectivity index (χ0n) is 14.7. The molecule has 0 amide bonds. The lowest BCUT2D eigenvalue weighted by molar-refractivity contribution is -0.385. The third-order valence-electron chi connectivity index (χ3n) is 4.45. The molecule has 1 heterocycles. The molecule has 1 aromatic carbocycles. The van der Waals surface area contributed by atoms with Crippen LogP contribution in [0.4, 0.5) is 14.5 Å². The van der Waals surface area contributed by atoms with Crippen molar-refractivity contribution in [3.63, 3.8) is 0 Å². The van der Waals surface area contributed by atoms with E-state index in [9.17, 15) is 18.9 Å². The molecule has 0 spiro atoms. The number of hydrogen-bond acceptors (Lipinski definition) is 6. The van der Waals surface area contributed by atoms with Crippen molar-refractivity contribution in [2.75, 3.05) is 33.4 Å². The predicted molar refractivity (Wildman–Crippen MR) is 95.5 cm³/mol. The van der Waals surface area contributed by atoms with Crippen molar-refractivity contribution in [3.05, 3.63) is 27.8 Å². The van der Waals surface area contributed by atoms with Gasteiger partial charge in [-0.2, -0.15) is 0 Å². The van der Waals surface area contributed by atoms with E-state index in [1.54, 1.807) is 0 Å².